The van der Waals surface area contributed by atoms with Crippen molar-refractivity contribution in [2.45, 2.75) is 20.3 Å². The number of aromatic nitrogens is 2. The van der Waals surface area contributed by atoms with E-state index in [-0.39, 0.29) is 0 Å². The summed E-state index contributed by atoms with van der Waals surface area (Å²) in [5.74, 6) is 2.94. The van der Waals surface area contributed by atoms with Gasteiger partial charge in [-0.1, -0.05) is 13.0 Å². The standard InChI is InChI=1S/C16H22N4O/c1-6-14-18-15(17-3)11(2)16(19-14)21-13-9-7-8-12(10-13)20(4)5/h7-10H,6H2,1-5H3,(H,17,18,19). The number of rotatable bonds is 5. The van der Waals surface area contributed by atoms with Gasteiger partial charge in [0.2, 0.25) is 5.88 Å². The second kappa shape index (κ2) is 6.43. The molecule has 2 rings (SSSR count). The zero-order valence-corrected chi connectivity index (χ0v) is 13.3. The molecule has 0 fully saturated rings. The van der Waals surface area contributed by atoms with Crippen LogP contribution in [0.5, 0.6) is 11.6 Å². The van der Waals surface area contributed by atoms with Gasteiger partial charge >= 0.3 is 0 Å². The highest BCUT2D eigenvalue weighted by Gasteiger charge is 2.11. The zero-order valence-electron chi connectivity index (χ0n) is 13.3. The van der Waals surface area contributed by atoms with Crippen molar-refractivity contribution >= 4 is 11.5 Å². The van der Waals surface area contributed by atoms with Gasteiger partial charge in [0.25, 0.3) is 0 Å². The molecule has 1 N–H and O–H groups in total. The monoisotopic (exact) mass is 286 g/mol. The second-order valence-electron chi connectivity index (χ2n) is 5.02. The average molecular weight is 286 g/mol. The maximum absolute atomic E-state index is 5.97. The third-order valence-corrected chi connectivity index (χ3v) is 3.25. The molecule has 1 aromatic carbocycles. The quantitative estimate of drug-likeness (QED) is 0.914. The summed E-state index contributed by atoms with van der Waals surface area (Å²) in [5, 5.41) is 3.09. The lowest BCUT2D eigenvalue weighted by Crippen LogP contribution is -2.08. The number of nitrogens with one attached hydrogen (secondary N) is 1. The molecule has 0 aliphatic carbocycles. The minimum Gasteiger partial charge on any atom is -0.438 e. The summed E-state index contributed by atoms with van der Waals surface area (Å²) >= 11 is 0. The van der Waals surface area contributed by atoms with E-state index in [9.17, 15) is 0 Å². The first-order chi connectivity index (χ1) is 10.0. The summed E-state index contributed by atoms with van der Waals surface area (Å²) in [7, 11) is 5.86. The van der Waals surface area contributed by atoms with E-state index >= 15 is 0 Å². The highest BCUT2D eigenvalue weighted by Crippen LogP contribution is 2.29. The molecule has 2 aromatic rings. The van der Waals surface area contributed by atoms with Crippen LogP contribution in [0.1, 0.15) is 18.3 Å². The molecule has 0 unspecified atom stereocenters. The van der Waals surface area contributed by atoms with Crippen LogP contribution in [0.15, 0.2) is 24.3 Å². The van der Waals surface area contributed by atoms with Gasteiger partial charge in [0.1, 0.15) is 17.4 Å². The van der Waals surface area contributed by atoms with Gasteiger partial charge in [-0.25, -0.2) is 4.98 Å². The Bertz CT molecular complexity index is 626. The molecule has 0 saturated heterocycles. The average Bonchev–Trinajstić information content (AvgIpc) is 2.49. The Kier molecular flexibility index (Phi) is 4.62. The maximum atomic E-state index is 5.97. The van der Waals surface area contributed by atoms with Crippen LogP contribution in [-0.2, 0) is 6.42 Å². The number of anilines is 2. The molecule has 0 aliphatic rings. The van der Waals surface area contributed by atoms with Crippen LogP contribution in [0.25, 0.3) is 0 Å². The van der Waals surface area contributed by atoms with Gasteiger partial charge in [-0.15, -0.1) is 0 Å². The van der Waals surface area contributed by atoms with Gasteiger partial charge in [-0.05, 0) is 19.1 Å². The summed E-state index contributed by atoms with van der Waals surface area (Å²) in [6.07, 6.45) is 0.767. The molecule has 112 valence electrons. The van der Waals surface area contributed by atoms with Crippen LogP contribution in [0, 0.1) is 6.92 Å². The third kappa shape index (κ3) is 3.42. The van der Waals surface area contributed by atoms with Crippen LogP contribution in [0.2, 0.25) is 0 Å². The van der Waals surface area contributed by atoms with Crippen molar-refractivity contribution in [3.63, 3.8) is 0 Å². The van der Waals surface area contributed by atoms with E-state index in [1.165, 1.54) is 0 Å². The highest BCUT2D eigenvalue weighted by atomic mass is 16.5. The Morgan fingerprint density at radius 2 is 2.00 bits per heavy atom. The van der Waals surface area contributed by atoms with E-state index in [0.29, 0.717) is 5.88 Å². The Hall–Kier alpha value is -2.30. The van der Waals surface area contributed by atoms with E-state index in [4.69, 9.17) is 4.74 Å². The van der Waals surface area contributed by atoms with E-state index in [1.807, 2.05) is 64.2 Å². The summed E-state index contributed by atoms with van der Waals surface area (Å²) < 4.78 is 5.97. The van der Waals surface area contributed by atoms with Crippen molar-refractivity contribution in [3.05, 3.63) is 35.7 Å². The molecule has 0 aliphatic heterocycles. The van der Waals surface area contributed by atoms with Crippen molar-refractivity contribution in [2.24, 2.45) is 0 Å². The number of hydrogen-bond acceptors (Lipinski definition) is 5. The van der Waals surface area contributed by atoms with Gasteiger partial charge in [-0.2, -0.15) is 4.98 Å². The first-order valence-electron chi connectivity index (χ1n) is 7.05. The van der Waals surface area contributed by atoms with Crippen molar-refractivity contribution in [2.75, 3.05) is 31.4 Å². The molecular weight excluding hydrogens is 264 g/mol. The van der Waals surface area contributed by atoms with Gasteiger partial charge in [0.05, 0.1) is 5.56 Å². The topological polar surface area (TPSA) is 50.3 Å². The largest absolute Gasteiger partial charge is 0.438 e. The Morgan fingerprint density at radius 1 is 1.24 bits per heavy atom. The SMILES string of the molecule is CCc1nc(NC)c(C)c(Oc2cccc(N(C)C)c2)n1. The van der Waals surface area contributed by atoms with Crippen LogP contribution < -0.4 is 15.0 Å². The van der Waals surface area contributed by atoms with Crippen LogP contribution in [-0.4, -0.2) is 31.1 Å². The van der Waals surface area contributed by atoms with Gasteiger partial charge in [0.15, 0.2) is 0 Å². The van der Waals surface area contributed by atoms with Crippen molar-refractivity contribution in [1.82, 2.24) is 9.97 Å². The molecule has 1 heterocycles. The van der Waals surface area contributed by atoms with Crippen molar-refractivity contribution < 1.29 is 4.74 Å². The molecule has 0 atom stereocenters. The predicted molar refractivity (Wildman–Crippen MR) is 86.5 cm³/mol. The fourth-order valence-electron chi connectivity index (χ4n) is 1.98. The smallest absolute Gasteiger partial charge is 0.227 e. The first-order valence-corrected chi connectivity index (χ1v) is 7.05. The second-order valence-corrected chi connectivity index (χ2v) is 5.02. The third-order valence-electron chi connectivity index (χ3n) is 3.25. The van der Waals surface area contributed by atoms with Gasteiger partial charge in [0, 0.05) is 39.3 Å². The van der Waals surface area contributed by atoms with Crippen molar-refractivity contribution in [3.8, 4) is 11.6 Å². The fourth-order valence-corrected chi connectivity index (χ4v) is 1.98. The first kappa shape index (κ1) is 15.1. The van der Waals surface area contributed by atoms with E-state index in [0.717, 1.165) is 35.1 Å². The lowest BCUT2D eigenvalue weighted by Gasteiger charge is -2.15. The van der Waals surface area contributed by atoms with Crippen LogP contribution >= 0.6 is 0 Å². The van der Waals surface area contributed by atoms with E-state index in [1.54, 1.807) is 0 Å². The molecule has 5 heteroatoms. The number of nitrogens with zero attached hydrogens (tertiary/aromatic N) is 3. The van der Waals surface area contributed by atoms with Crippen LogP contribution in [0.3, 0.4) is 0 Å². The Labute approximate surface area is 126 Å². The molecule has 0 amide bonds. The molecule has 1 aromatic heterocycles. The summed E-state index contributed by atoms with van der Waals surface area (Å²) in [4.78, 5) is 11.0. The van der Waals surface area contributed by atoms with Gasteiger partial charge in [-0.3, -0.25) is 0 Å². The highest BCUT2D eigenvalue weighted by molar-refractivity contribution is 5.52. The molecular formula is C16H22N4O. The lowest BCUT2D eigenvalue weighted by molar-refractivity contribution is 0.455. The Morgan fingerprint density at radius 3 is 2.62 bits per heavy atom. The minimum atomic E-state index is 0.599. The molecule has 0 radical (unpaired) electrons. The summed E-state index contributed by atoms with van der Waals surface area (Å²) in [5.41, 5.74) is 1.99. The zero-order chi connectivity index (χ0) is 15.4. The molecule has 0 bridgehead atoms. The number of ether oxygens (including phenoxy) is 1. The summed E-state index contributed by atoms with van der Waals surface area (Å²) in [6, 6.07) is 7.93. The normalized spacial score (nSPS) is 10.3. The molecule has 0 saturated carbocycles. The van der Waals surface area contributed by atoms with Crippen LogP contribution in [0.4, 0.5) is 11.5 Å². The van der Waals surface area contributed by atoms with E-state index < -0.39 is 0 Å². The molecule has 0 spiro atoms. The molecule has 21 heavy (non-hydrogen) atoms. The molecule has 5 nitrogen and oxygen atoms in total. The summed E-state index contributed by atoms with van der Waals surface area (Å²) in [6.45, 7) is 3.98. The number of benzene rings is 1. The number of hydrogen-bond donors (Lipinski definition) is 1. The number of aryl methyl sites for hydroxylation is 1. The van der Waals surface area contributed by atoms with E-state index in [2.05, 4.69) is 15.3 Å². The van der Waals surface area contributed by atoms with Gasteiger partial charge < -0.3 is 15.0 Å². The van der Waals surface area contributed by atoms with Crippen molar-refractivity contribution in [1.29, 1.82) is 0 Å². The predicted octanol–water partition coefficient (Wildman–Crippen LogP) is 3.25. The maximum Gasteiger partial charge on any atom is 0.227 e. The lowest BCUT2D eigenvalue weighted by atomic mass is 10.2. The fraction of sp³-hybridized carbons (Fsp3) is 0.375. The Balaban J connectivity index is 2.36. The minimum absolute atomic E-state index is 0.599.